The first-order valence-electron chi connectivity index (χ1n) is 6.95. The third-order valence-corrected chi connectivity index (χ3v) is 2.51. The van der Waals surface area contributed by atoms with Gasteiger partial charge in [-0.2, -0.15) is 0 Å². The maximum atomic E-state index is 11.5. The van der Waals surface area contributed by atoms with E-state index in [0.29, 0.717) is 19.5 Å². The number of carbonyl (C=O) groups excluding carboxylic acids is 2. The molecule has 0 saturated heterocycles. The van der Waals surface area contributed by atoms with Crippen molar-refractivity contribution in [2.75, 3.05) is 20.2 Å². The standard InChI is InChI=1S/C14H28N2O4/c1-10(2)11(12(17)19-6)15-8-7-9-16-13(18)20-14(3,4)5/h10-11,15H,7-9H2,1-6H3,(H,16,18). The van der Waals surface area contributed by atoms with Gasteiger partial charge in [-0.05, 0) is 39.7 Å². The van der Waals surface area contributed by atoms with E-state index >= 15 is 0 Å². The quantitative estimate of drug-likeness (QED) is 0.550. The lowest BCUT2D eigenvalue weighted by Gasteiger charge is -2.21. The van der Waals surface area contributed by atoms with E-state index in [1.54, 1.807) is 0 Å². The van der Waals surface area contributed by atoms with Gasteiger partial charge in [-0.25, -0.2) is 4.79 Å². The van der Waals surface area contributed by atoms with Gasteiger partial charge < -0.3 is 20.1 Å². The molecule has 1 atom stereocenters. The number of ether oxygens (including phenoxy) is 2. The van der Waals surface area contributed by atoms with E-state index in [-0.39, 0.29) is 17.9 Å². The van der Waals surface area contributed by atoms with Crippen LogP contribution in [-0.4, -0.2) is 43.9 Å². The van der Waals surface area contributed by atoms with E-state index < -0.39 is 11.7 Å². The lowest BCUT2D eigenvalue weighted by Crippen LogP contribution is -2.43. The highest BCUT2D eigenvalue weighted by Gasteiger charge is 2.21. The van der Waals surface area contributed by atoms with Crippen molar-refractivity contribution in [2.45, 2.75) is 52.7 Å². The summed E-state index contributed by atoms with van der Waals surface area (Å²) in [6.45, 7) is 10.5. The average molecular weight is 288 g/mol. The Morgan fingerprint density at radius 2 is 1.75 bits per heavy atom. The Balaban J connectivity index is 3.85. The van der Waals surface area contributed by atoms with Crippen molar-refractivity contribution in [3.8, 4) is 0 Å². The number of alkyl carbamates (subject to hydrolysis) is 1. The van der Waals surface area contributed by atoms with E-state index in [9.17, 15) is 9.59 Å². The van der Waals surface area contributed by atoms with Crippen LogP contribution in [0, 0.1) is 5.92 Å². The molecule has 0 aliphatic heterocycles. The largest absolute Gasteiger partial charge is 0.468 e. The number of hydrogen-bond donors (Lipinski definition) is 2. The molecule has 0 saturated carbocycles. The average Bonchev–Trinajstić information content (AvgIpc) is 2.30. The van der Waals surface area contributed by atoms with Crippen LogP contribution in [0.25, 0.3) is 0 Å². The van der Waals surface area contributed by atoms with Gasteiger partial charge in [0.1, 0.15) is 11.6 Å². The van der Waals surface area contributed by atoms with Crippen molar-refractivity contribution in [1.29, 1.82) is 0 Å². The van der Waals surface area contributed by atoms with Crippen molar-refractivity contribution in [3.05, 3.63) is 0 Å². The first-order valence-corrected chi connectivity index (χ1v) is 6.95. The van der Waals surface area contributed by atoms with Crippen LogP contribution in [0.4, 0.5) is 4.79 Å². The number of amides is 1. The Morgan fingerprint density at radius 3 is 2.20 bits per heavy atom. The minimum Gasteiger partial charge on any atom is -0.468 e. The fraction of sp³-hybridized carbons (Fsp3) is 0.857. The molecular formula is C14H28N2O4. The minimum absolute atomic E-state index is 0.154. The number of nitrogens with one attached hydrogen (secondary N) is 2. The Kier molecular flexibility index (Phi) is 8.22. The predicted molar refractivity (Wildman–Crippen MR) is 77.5 cm³/mol. The van der Waals surface area contributed by atoms with Crippen LogP contribution >= 0.6 is 0 Å². The fourth-order valence-electron chi connectivity index (χ4n) is 1.57. The minimum atomic E-state index is -0.490. The summed E-state index contributed by atoms with van der Waals surface area (Å²) in [5.41, 5.74) is -0.490. The van der Waals surface area contributed by atoms with Crippen LogP contribution in [0.2, 0.25) is 0 Å². The van der Waals surface area contributed by atoms with Crippen molar-refractivity contribution in [2.24, 2.45) is 5.92 Å². The van der Waals surface area contributed by atoms with Crippen molar-refractivity contribution < 1.29 is 19.1 Å². The van der Waals surface area contributed by atoms with E-state index in [0.717, 1.165) is 0 Å². The second-order valence-corrected chi connectivity index (χ2v) is 5.98. The van der Waals surface area contributed by atoms with Crippen LogP contribution in [0.15, 0.2) is 0 Å². The third kappa shape index (κ3) is 8.74. The zero-order valence-corrected chi connectivity index (χ0v) is 13.4. The molecule has 1 unspecified atom stereocenters. The fourth-order valence-corrected chi connectivity index (χ4v) is 1.57. The van der Waals surface area contributed by atoms with Crippen LogP contribution in [-0.2, 0) is 14.3 Å². The zero-order valence-electron chi connectivity index (χ0n) is 13.4. The molecule has 20 heavy (non-hydrogen) atoms. The van der Waals surface area contributed by atoms with E-state index in [2.05, 4.69) is 10.6 Å². The van der Waals surface area contributed by atoms with Gasteiger partial charge in [-0.15, -0.1) is 0 Å². The summed E-state index contributed by atoms with van der Waals surface area (Å²) in [7, 11) is 1.38. The summed E-state index contributed by atoms with van der Waals surface area (Å²) in [6, 6.07) is -0.318. The number of hydrogen-bond acceptors (Lipinski definition) is 5. The van der Waals surface area contributed by atoms with Gasteiger partial charge in [0.15, 0.2) is 0 Å². The van der Waals surface area contributed by atoms with Crippen LogP contribution in [0.1, 0.15) is 41.0 Å². The number of rotatable bonds is 7. The summed E-state index contributed by atoms with van der Waals surface area (Å²) in [6.07, 6.45) is 0.283. The lowest BCUT2D eigenvalue weighted by molar-refractivity contribution is -0.144. The van der Waals surface area contributed by atoms with E-state index in [1.807, 2.05) is 34.6 Å². The molecule has 0 aromatic heterocycles. The molecule has 0 bridgehead atoms. The molecule has 1 amide bonds. The Hall–Kier alpha value is -1.30. The van der Waals surface area contributed by atoms with E-state index in [4.69, 9.17) is 9.47 Å². The monoisotopic (exact) mass is 288 g/mol. The molecule has 0 heterocycles. The highest BCUT2D eigenvalue weighted by molar-refractivity contribution is 5.75. The van der Waals surface area contributed by atoms with Gasteiger partial charge in [-0.1, -0.05) is 13.8 Å². The molecule has 6 nitrogen and oxygen atoms in total. The molecule has 2 N–H and O–H groups in total. The highest BCUT2D eigenvalue weighted by atomic mass is 16.6. The first-order chi connectivity index (χ1) is 9.17. The lowest BCUT2D eigenvalue weighted by atomic mass is 10.0. The summed E-state index contributed by atoms with van der Waals surface area (Å²) in [5, 5.41) is 5.79. The molecule has 0 radical (unpaired) electrons. The number of esters is 1. The molecule has 0 rings (SSSR count). The van der Waals surface area contributed by atoms with Crippen molar-refractivity contribution >= 4 is 12.1 Å². The highest BCUT2D eigenvalue weighted by Crippen LogP contribution is 2.06. The van der Waals surface area contributed by atoms with Gasteiger partial charge in [0.25, 0.3) is 0 Å². The van der Waals surface area contributed by atoms with E-state index in [1.165, 1.54) is 7.11 Å². The Bertz CT molecular complexity index is 311. The van der Waals surface area contributed by atoms with Crippen LogP contribution in [0.5, 0.6) is 0 Å². The molecule has 0 aromatic rings. The zero-order chi connectivity index (χ0) is 15.8. The SMILES string of the molecule is COC(=O)C(NCCCNC(=O)OC(C)(C)C)C(C)C. The topological polar surface area (TPSA) is 76.7 Å². The maximum Gasteiger partial charge on any atom is 0.407 e. The van der Waals surface area contributed by atoms with Gasteiger partial charge in [0.05, 0.1) is 7.11 Å². The molecule has 118 valence electrons. The molecule has 6 heteroatoms. The number of methoxy groups -OCH3 is 1. The molecule has 0 spiro atoms. The summed E-state index contributed by atoms with van der Waals surface area (Å²) < 4.78 is 9.85. The summed E-state index contributed by atoms with van der Waals surface area (Å²) in [4.78, 5) is 22.9. The number of carbonyl (C=O) groups is 2. The second kappa shape index (κ2) is 8.79. The third-order valence-electron chi connectivity index (χ3n) is 2.51. The Labute approximate surface area is 121 Å². The molecule has 0 aliphatic rings. The van der Waals surface area contributed by atoms with Crippen LogP contribution in [0.3, 0.4) is 0 Å². The van der Waals surface area contributed by atoms with Crippen molar-refractivity contribution in [3.63, 3.8) is 0 Å². The van der Waals surface area contributed by atoms with Crippen LogP contribution < -0.4 is 10.6 Å². The van der Waals surface area contributed by atoms with Gasteiger partial charge in [-0.3, -0.25) is 4.79 Å². The summed E-state index contributed by atoms with van der Waals surface area (Å²) in [5.74, 6) is -0.110. The molecule has 0 aromatic carbocycles. The van der Waals surface area contributed by atoms with Crippen molar-refractivity contribution in [1.82, 2.24) is 10.6 Å². The summed E-state index contributed by atoms with van der Waals surface area (Å²) >= 11 is 0. The molecule has 0 aliphatic carbocycles. The molecule has 0 fully saturated rings. The first kappa shape index (κ1) is 18.7. The predicted octanol–water partition coefficient (Wildman–Crippen LogP) is 1.69. The van der Waals surface area contributed by atoms with Gasteiger partial charge in [0.2, 0.25) is 0 Å². The van der Waals surface area contributed by atoms with Gasteiger partial charge >= 0.3 is 12.1 Å². The Morgan fingerprint density at radius 1 is 1.15 bits per heavy atom. The smallest absolute Gasteiger partial charge is 0.407 e. The molecular weight excluding hydrogens is 260 g/mol. The normalized spacial score (nSPS) is 12.9. The maximum absolute atomic E-state index is 11.5. The van der Waals surface area contributed by atoms with Gasteiger partial charge in [0, 0.05) is 6.54 Å². The second-order valence-electron chi connectivity index (χ2n) is 5.98.